The van der Waals surface area contributed by atoms with Crippen LogP contribution in [0, 0.1) is 0 Å². The van der Waals surface area contributed by atoms with E-state index in [1.807, 2.05) is 67.3 Å². The van der Waals surface area contributed by atoms with E-state index in [9.17, 15) is 9.59 Å². The van der Waals surface area contributed by atoms with Gasteiger partial charge in [0.1, 0.15) is 0 Å². The molecular formula is C20H24N2O2. The summed E-state index contributed by atoms with van der Waals surface area (Å²) in [5.41, 5.74) is 1.30. The number of benzene rings is 2. The maximum absolute atomic E-state index is 12.7. The molecule has 2 rings (SSSR count). The summed E-state index contributed by atoms with van der Waals surface area (Å²) >= 11 is 0. The molecule has 0 radical (unpaired) electrons. The number of hydrogen-bond donors (Lipinski definition) is 1. The zero-order valence-corrected chi connectivity index (χ0v) is 14.2. The molecule has 0 aliphatic rings. The van der Waals surface area contributed by atoms with Gasteiger partial charge in [0.2, 0.25) is 0 Å². The molecule has 0 aromatic heterocycles. The molecule has 0 aliphatic carbocycles. The molecule has 0 saturated heterocycles. The highest BCUT2D eigenvalue weighted by atomic mass is 16.2. The third-order valence-corrected chi connectivity index (χ3v) is 4.07. The second-order valence-corrected chi connectivity index (χ2v) is 5.60. The van der Waals surface area contributed by atoms with E-state index in [2.05, 4.69) is 5.32 Å². The second-order valence-electron chi connectivity index (χ2n) is 5.60. The van der Waals surface area contributed by atoms with E-state index < -0.39 is 0 Å². The predicted molar refractivity (Wildman–Crippen MR) is 96.0 cm³/mol. The fourth-order valence-corrected chi connectivity index (χ4v) is 2.69. The maximum atomic E-state index is 12.7. The van der Waals surface area contributed by atoms with E-state index >= 15 is 0 Å². The summed E-state index contributed by atoms with van der Waals surface area (Å²) in [7, 11) is 0. The molecule has 2 amide bonds. The average molecular weight is 324 g/mol. The quantitative estimate of drug-likeness (QED) is 0.849. The van der Waals surface area contributed by atoms with Crippen LogP contribution in [0.4, 0.5) is 0 Å². The van der Waals surface area contributed by atoms with E-state index in [0.29, 0.717) is 24.2 Å². The fourth-order valence-electron chi connectivity index (χ4n) is 2.69. The van der Waals surface area contributed by atoms with Gasteiger partial charge in [-0.3, -0.25) is 9.59 Å². The Balaban J connectivity index is 2.03. The van der Waals surface area contributed by atoms with E-state index in [1.54, 1.807) is 12.1 Å². The highest BCUT2D eigenvalue weighted by Crippen LogP contribution is 2.11. The predicted octanol–water partition coefficient (Wildman–Crippen LogP) is 3.36. The van der Waals surface area contributed by atoms with Crippen molar-refractivity contribution in [3.8, 4) is 0 Å². The first-order chi connectivity index (χ1) is 11.7. The minimum atomic E-state index is -0.114. The zero-order chi connectivity index (χ0) is 17.4. The van der Waals surface area contributed by atoms with Gasteiger partial charge >= 0.3 is 0 Å². The summed E-state index contributed by atoms with van der Waals surface area (Å²) in [4.78, 5) is 26.7. The molecule has 2 aromatic carbocycles. The molecule has 0 spiro atoms. The van der Waals surface area contributed by atoms with Crippen molar-refractivity contribution in [3.63, 3.8) is 0 Å². The van der Waals surface area contributed by atoms with Gasteiger partial charge in [-0.05, 0) is 37.6 Å². The molecule has 1 unspecified atom stereocenters. The van der Waals surface area contributed by atoms with Crippen molar-refractivity contribution in [1.82, 2.24) is 10.2 Å². The van der Waals surface area contributed by atoms with Crippen molar-refractivity contribution in [2.24, 2.45) is 0 Å². The monoisotopic (exact) mass is 324 g/mol. The van der Waals surface area contributed by atoms with Gasteiger partial charge in [0.15, 0.2) is 0 Å². The number of hydrogen-bond acceptors (Lipinski definition) is 2. The SMILES string of the molecule is CCC(CNC(=O)c1ccccc1)N(CC)C(=O)c1ccccc1. The molecule has 0 saturated carbocycles. The third-order valence-electron chi connectivity index (χ3n) is 4.07. The number of nitrogens with one attached hydrogen (secondary N) is 1. The lowest BCUT2D eigenvalue weighted by molar-refractivity contribution is 0.0672. The lowest BCUT2D eigenvalue weighted by Gasteiger charge is -2.30. The van der Waals surface area contributed by atoms with E-state index in [1.165, 1.54) is 0 Å². The van der Waals surface area contributed by atoms with Gasteiger partial charge in [-0.25, -0.2) is 0 Å². The van der Waals surface area contributed by atoms with E-state index in [-0.39, 0.29) is 17.9 Å². The normalized spacial score (nSPS) is 11.6. The Morgan fingerprint density at radius 3 is 1.96 bits per heavy atom. The Morgan fingerprint density at radius 2 is 1.46 bits per heavy atom. The second kappa shape index (κ2) is 8.87. The molecule has 0 bridgehead atoms. The Hall–Kier alpha value is -2.62. The molecule has 0 fully saturated rings. The molecule has 4 heteroatoms. The number of carbonyl (C=O) groups is 2. The summed E-state index contributed by atoms with van der Waals surface area (Å²) in [6.07, 6.45) is 0.779. The van der Waals surface area contributed by atoms with Crippen molar-refractivity contribution in [2.45, 2.75) is 26.3 Å². The minimum absolute atomic E-state index is 0.00101. The minimum Gasteiger partial charge on any atom is -0.350 e. The van der Waals surface area contributed by atoms with Crippen LogP contribution in [0.15, 0.2) is 60.7 Å². The van der Waals surface area contributed by atoms with Crippen molar-refractivity contribution >= 4 is 11.8 Å². The van der Waals surface area contributed by atoms with Crippen molar-refractivity contribution in [3.05, 3.63) is 71.8 Å². The summed E-state index contributed by atoms with van der Waals surface area (Å²) in [6, 6.07) is 18.3. The Labute approximate surface area is 143 Å². The molecule has 2 aromatic rings. The average Bonchev–Trinajstić information content (AvgIpc) is 2.65. The molecule has 0 heterocycles. The van der Waals surface area contributed by atoms with Crippen molar-refractivity contribution in [2.75, 3.05) is 13.1 Å². The Bertz CT molecular complexity index is 656. The number of nitrogens with zero attached hydrogens (tertiary/aromatic N) is 1. The van der Waals surface area contributed by atoms with Crippen molar-refractivity contribution < 1.29 is 9.59 Å². The molecular weight excluding hydrogens is 300 g/mol. The van der Waals surface area contributed by atoms with Gasteiger partial charge in [0.25, 0.3) is 11.8 Å². The Morgan fingerprint density at radius 1 is 0.917 bits per heavy atom. The van der Waals surface area contributed by atoms with Crippen LogP contribution in [-0.4, -0.2) is 35.8 Å². The summed E-state index contributed by atoms with van der Waals surface area (Å²) in [6.45, 7) is 5.03. The van der Waals surface area contributed by atoms with Gasteiger partial charge in [0, 0.05) is 30.3 Å². The van der Waals surface area contributed by atoms with E-state index in [4.69, 9.17) is 0 Å². The third kappa shape index (κ3) is 4.44. The summed E-state index contributed by atoms with van der Waals surface area (Å²) in [5, 5.41) is 2.94. The van der Waals surface area contributed by atoms with Crippen LogP contribution in [0.5, 0.6) is 0 Å². The molecule has 4 nitrogen and oxygen atoms in total. The molecule has 126 valence electrons. The first kappa shape index (κ1) is 17.7. The van der Waals surface area contributed by atoms with Gasteiger partial charge in [-0.1, -0.05) is 43.3 Å². The molecule has 24 heavy (non-hydrogen) atoms. The topological polar surface area (TPSA) is 49.4 Å². The largest absolute Gasteiger partial charge is 0.350 e. The van der Waals surface area contributed by atoms with Gasteiger partial charge in [-0.2, -0.15) is 0 Å². The van der Waals surface area contributed by atoms with E-state index in [0.717, 1.165) is 6.42 Å². The van der Waals surface area contributed by atoms with Gasteiger partial charge in [0.05, 0.1) is 0 Å². The first-order valence-electron chi connectivity index (χ1n) is 8.36. The lowest BCUT2D eigenvalue weighted by Crippen LogP contribution is -2.46. The zero-order valence-electron chi connectivity index (χ0n) is 14.2. The highest BCUT2D eigenvalue weighted by Gasteiger charge is 2.22. The highest BCUT2D eigenvalue weighted by molar-refractivity contribution is 5.95. The number of amides is 2. The van der Waals surface area contributed by atoms with Gasteiger partial charge < -0.3 is 10.2 Å². The van der Waals surface area contributed by atoms with Gasteiger partial charge in [-0.15, -0.1) is 0 Å². The fraction of sp³-hybridized carbons (Fsp3) is 0.300. The van der Waals surface area contributed by atoms with Crippen LogP contribution < -0.4 is 5.32 Å². The van der Waals surface area contributed by atoms with Crippen molar-refractivity contribution in [1.29, 1.82) is 0 Å². The lowest BCUT2D eigenvalue weighted by atomic mass is 10.1. The van der Waals surface area contributed by atoms with Crippen LogP contribution in [0.1, 0.15) is 41.0 Å². The number of likely N-dealkylation sites (N-methyl/N-ethyl adjacent to an activating group) is 1. The summed E-state index contributed by atoms with van der Waals surface area (Å²) < 4.78 is 0. The summed E-state index contributed by atoms with van der Waals surface area (Å²) in [5.74, 6) is -0.115. The molecule has 0 aliphatic heterocycles. The van der Waals surface area contributed by atoms with Crippen LogP contribution in [0.25, 0.3) is 0 Å². The van der Waals surface area contributed by atoms with Crippen LogP contribution in [-0.2, 0) is 0 Å². The van der Waals surface area contributed by atoms with Crippen LogP contribution in [0.2, 0.25) is 0 Å². The standard InChI is InChI=1S/C20H24N2O2/c1-3-18(15-21-19(23)16-11-7-5-8-12-16)22(4-2)20(24)17-13-9-6-10-14-17/h5-14,18H,3-4,15H2,1-2H3,(H,21,23). The number of carbonyl (C=O) groups excluding carboxylic acids is 2. The smallest absolute Gasteiger partial charge is 0.254 e. The maximum Gasteiger partial charge on any atom is 0.254 e. The van der Waals surface area contributed by atoms with Crippen LogP contribution >= 0.6 is 0 Å². The number of rotatable bonds is 7. The Kier molecular flexibility index (Phi) is 6.55. The molecule has 1 N–H and O–H groups in total. The molecule has 1 atom stereocenters. The first-order valence-corrected chi connectivity index (χ1v) is 8.36. The van der Waals surface area contributed by atoms with Crippen LogP contribution in [0.3, 0.4) is 0 Å².